The third-order valence-electron chi connectivity index (χ3n) is 7.35. The number of para-hydroxylation sites is 1. The van der Waals surface area contributed by atoms with Crippen LogP contribution in [0.5, 0.6) is 0 Å². The highest BCUT2D eigenvalue weighted by atomic mass is 16.2. The molecule has 0 bridgehead atoms. The predicted molar refractivity (Wildman–Crippen MR) is 122 cm³/mol. The summed E-state index contributed by atoms with van der Waals surface area (Å²) in [6, 6.07) is 18.7. The molecule has 5 rings (SSSR count). The maximum Gasteiger partial charge on any atom is 0.230 e. The van der Waals surface area contributed by atoms with Crippen LogP contribution in [0, 0.1) is 11.8 Å². The van der Waals surface area contributed by atoms with Crippen LogP contribution in [0.15, 0.2) is 54.6 Å². The lowest BCUT2D eigenvalue weighted by atomic mass is 9.83. The molecule has 2 amide bonds. The van der Waals surface area contributed by atoms with Crippen LogP contribution in [0.25, 0.3) is 0 Å². The smallest absolute Gasteiger partial charge is 0.230 e. The summed E-state index contributed by atoms with van der Waals surface area (Å²) in [5.74, 6) is 0.678. The molecule has 0 radical (unpaired) electrons. The van der Waals surface area contributed by atoms with E-state index in [0.29, 0.717) is 17.9 Å². The van der Waals surface area contributed by atoms with E-state index < -0.39 is 0 Å². The van der Waals surface area contributed by atoms with Gasteiger partial charge in [0.25, 0.3) is 0 Å². The number of anilines is 1. The Bertz CT molecular complexity index is 941. The first-order valence-corrected chi connectivity index (χ1v) is 11.6. The third kappa shape index (κ3) is 4.24. The van der Waals surface area contributed by atoms with E-state index in [1.807, 2.05) is 24.3 Å². The zero-order valence-electron chi connectivity index (χ0n) is 17.9. The monoisotopic (exact) mass is 417 g/mol. The average Bonchev–Trinajstić information content (AvgIpc) is 3.18. The Morgan fingerprint density at radius 1 is 0.968 bits per heavy atom. The van der Waals surface area contributed by atoms with Crippen LogP contribution in [-0.2, 0) is 16.0 Å². The Morgan fingerprint density at radius 2 is 1.71 bits per heavy atom. The topological polar surface area (TPSA) is 61.4 Å². The molecule has 0 aromatic heterocycles. The molecule has 1 unspecified atom stereocenters. The van der Waals surface area contributed by atoms with Crippen LogP contribution in [0.1, 0.15) is 42.7 Å². The summed E-state index contributed by atoms with van der Waals surface area (Å²) >= 11 is 0. The first kappa shape index (κ1) is 20.3. The number of benzene rings is 2. The summed E-state index contributed by atoms with van der Waals surface area (Å²) < 4.78 is 0. The molecule has 1 saturated heterocycles. The van der Waals surface area contributed by atoms with E-state index in [1.165, 1.54) is 12.0 Å². The highest BCUT2D eigenvalue weighted by Crippen LogP contribution is 2.37. The van der Waals surface area contributed by atoms with E-state index in [-0.39, 0.29) is 24.2 Å². The molecule has 3 atom stereocenters. The molecule has 2 N–H and O–H groups in total. The molecule has 2 aromatic carbocycles. The number of amides is 2. The van der Waals surface area contributed by atoms with E-state index in [1.54, 1.807) is 0 Å². The lowest BCUT2D eigenvalue weighted by Gasteiger charge is -2.42. The maximum atomic E-state index is 13.8. The molecule has 162 valence electrons. The number of nitrogens with one attached hydrogen (secondary N) is 2. The average molecular weight is 418 g/mol. The van der Waals surface area contributed by atoms with Crippen molar-refractivity contribution >= 4 is 17.5 Å². The number of carbonyl (C=O) groups is 2. The van der Waals surface area contributed by atoms with E-state index in [0.717, 1.165) is 50.1 Å². The summed E-state index contributed by atoms with van der Waals surface area (Å²) in [6.45, 7) is 2.74. The van der Waals surface area contributed by atoms with Gasteiger partial charge in [0.1, 0.15) is 0 Å². The zero-order chi connectivity index (χ0) is 21.2. The first-order chi connectivity index (χ1) is 15.2. The van der Waals surface area contributed by atoms with Crippen molar-refractivity contribution in [2.24, 2.45) is 11.8 Å². The van der Waals surface area contributed by atoms with Gasteiger partial charge in [0.05, 0.1) is 5.92 Å². The van der Waals surface area contributed by atoms with Gasteiger partial charge in [-0.3, -0.25) is 9.59 Å². The minimum atomic E-state index is -0.368. The van der Waals surface area contributed by atoms with Crippen molar-refractivity contribution in [1.29, 1.82) is 0 Å². The van der Waals surface area contributed by atoms with Gasteiger partial charge in [-0.1, -0.05) is 48.5 Å². The molecular weight excluding hydrogens is 386 g/mol. The summed E-state index contributed by atoms with van der Waals surface area (Å²) in [5.41, 5.74) is 3.11. The van der Waals surface area contributed by atoms with Crippen LogP contribution >= 0.6 is 0 Å². The maximum absolute atomic E-state index is 13.8. The van der Waals surface area contributed by atoms with E-state index in [2.05, 4.69) is 45.9 Å². The molecule has 31 heavy (non-hydrogen) atoms. The summed E-state index contributed by atoms with van der Waals surface area (Å²) in [7, 11) is 0. The number of nitrogens with zero attached hydrogens (tertiary/aromatic N) is 1. The van der Waals surface area contributed by atoms with Gasteiger partial charge in [-0.2, -0.15) is 0 Å². The molecule has 1 saturated carbocycles. The van der Waals surface area contributed by atoms with Gasteiger partial charge >= 0.3 is 0 Å². The lowest BCUT2D eigenvalue weighted by molar-refractivity contribution is -0.139. The summed E-state index contributed by atoms with van der Waals surface area (Å²) in [4.78, 5) is 28.3. The van der Waals surface area contributed by atoms with Gasteiger partial charge in [-0.05, 0) is 67.8 Å². The van der Waals surface area contributed by atoms with Gasteiger partial charge in [-0.15, -0.1) is 0 Å². The normalized spacial score (nSPS) is 25.4. The van der Waals surface area contributed by atoms with E-state index in [9.17, 15) is 9.59 Å². The highest BCUT2D eigenvalue weighted by molar-refractivity contribution is 6.01. The Hall–Kier alpha value is -2.66. The van der Waals surface area contributed by atoms with Crippen LogP contribution < -0.4 is 10.6 Å². The van der Waals surface area contributed by atoms with Crippen LogP contribution in [0.2, 0.25) is 0 Å². The fraction of sp³-hybridized carbons (Fsp3) is 0.462. The quantitative estimate of drug-likeness (QED) is 0.755. The van der Waals surface area contributed by atoms with Crippen molar-refractivity contribution in [2.75, 3.05) is 25.0 Å². The Kier molecular flexibility index (Phi) is 5.77. The highest BCUT2D eigenvalue weighted by Gasteiger charge is 2.40. The Labute approximate surface area is 184 Å². The van der Waals surface area contributed by atoms with Crippen molar-refractivity contribution in [2.45, 2.75) is 44.1 Å². The number of hydrogen-bond acceptors (Lipinski definition) is 3. The molecule has 0 spiro atoms. The van der Waals surface area contributed by atoms with Crippen molar-refractivity contribution in [3.05, 3.63) is 65.7 Å². The SMILES string of the molecule is O=C1CC(C(=O)N(C[C@@H]2CNC[C@@H]2Cc2ccccc2)C2CCC2)c2ccccc2N1. The molecular formula is C26H31N3O2. The number of hydrogen-bond donors (Lipinski definition) is 2. The largest absolute Gasteiger partial charge is 0.339 e. The zero-order valence-corrected chi connectivity index (χ0v) is 17.9. The Balaban J connectivity index is 1.35. The van der Waals surface area contributed by atoms with Crippen LogP contribution in [0.4, 0.5) is 5.69 Å². The van der Waals surface area contributed by atoms with Gasteiger partial charge in [0.15, 0.2) is 0 Å². The third-order valence-corrected chi connectivity index (χ3v) is 7.35. The molecule has 5 nitrogen and oxygen atoms in total. The van der Waals surface area contributed by atoms with Crippen molar-refractivity contribution in [3.63, 3.8) is 0 Å². The summed E-state index contributed by atoms with van der Waals surface area (Å²) in [5, 5.41) is 6.49. The first-order valence-electron chi connectivity index (χ1n) is 11.6. The second-order valence-electron chi connectivity index (χ2n) is 9.34. The fourth-order valence-electron chi connectivity index (χ4n) is 5.36. The van der Waals surface area contributed by atoms with Crippen molar-refractivity contribution in [1.82, 2.24) is 10.2 Å². The number of fused-ring (bicyclic) bond motifs is 1. The molecule has 2 aromatic rings. The van der Waals surface area contributed by atoms with Crippen molar-refractivity contribution in [3.8, 4) is 0 Å². The Morgan fingerprint density at radius 3 is 2.48 bits per heavy atom. The van der Waals surface area contributed by atoms with Crippen molar-refractivity contribution < 1.29 is 9.59 Å². The second-order valence-corrected chi connectivity index (χ2v) is 9.34. The predicted octanol–water partition coefficient (Wildman–Crippen LogP) is 3.57. The van der Waals surface area contributed by atoms with Gasteiger partial charge < -0.3 is 15.5 Å². The molecule has 2 aliphatic heterocycles. The van der Waals surface area contributed by atoms with E-state index in [4.69, 9.17) is 0 Å². The van der Waals surface area contributed by atoms with Gasteiger partial charge in [0.2, 0.25) is 11.8 Å². The fourth-order valence-corrected chi connectivity index (χ4v) is 5.36. The van der Waals surface area contributed by atoms with Gasteiger partial charge in [-0.25, -0.2) is 0 Å². The van der Waals surface area contributed by atoms with E-state index >= 15 is 0 Å². The van der Waals surface area contributed by atoms with Crippen LogP contribution in [0.3, 0.4) is 0 Å². The molecule has 3 aliphatic rings. The molecule has 2 fully saturated rings. The standard InChI is InChI=1S/C26H31N3O2/c30-25-14-23(22-11-4-5-12-24(22)28-25)26(31)29(21-9-6-10-21)17-20-16-27-15-19(20)13-18-7-2-1-3-8-18/h1-5,7-8,11-12,19-21,23,27H,6,9-10,13-17H2,(H,28,30)/t19-,20-,23?/m0/s1. The molecule has 1 aliphatic carbocycles. The number of rotatable bonds is 6. The van der Waals surface area contributed by atoms with Crippen LogP contribution in [-0.4, -0.2) is 42.4 Å². The lowest BCUT2D eigenvalue weighted by Crippen LogP contribution is -2.50. The second kappa shape index (κ2) is 8.83. The minimum Gasteiger partial charge on any atom is -0.339 e. The van der Waals surface area contributed by atoms with Gasteiger partial charge in [0, 0.05) is 24.7 Å². The molecule has 5 heteroatoms. The minimum absolute atomic E-state index is 0.0601. The number of carbonyl (C=O) groups excluding carboxylic acids is 2. The summed E-state index contributed by atoms with van der Waals surface area (Å²) in [6.07, 6.45) is 4.63. The molecule has 2 heterocycles.